The average molecular weight is 486 g/mol. The van der Waals surface area contributed by atoms with E-state index in [-0.39, 0.29) is 24.0 Å². The van der Waals surface area contributed by atoms with Crippen molar-refractivity contribution in [1.82, 2.24) is 15.5 Å². The molecule has 0 amide bonds. The van der Waals surface area contributed by atoms with Gasteiger partial charge >= 0.3 is 0 Å². The molecular formula is C21H35IN4O. The molecule has 2 saturated carbocycles. The Morgan fingerprint density at radius 1 is 1.19 bits per heavy atom. The second-order valence-corrected chi connectivity index (χ2v) is 7.78. The van der Waals surface area contributed by atoms with Gasteiger partial charge in [-0.3, -0.25) is 9.89 Å². The molecule has 0 aromatic heterocycles. The van der Waals surface area contributed by atoms with Crippen LogP contribution in [0.25, 0.3) is 0 Å². The first-order chi connectivity index (χ1) is 12.7. The van der Waals surface area contributed by atoms with Crippen LogP contribution < -0.4 is 15.4 Å². The van der Waals surface area contributed by atoms with Gasteiger partial charge in [0.15, 0.2) is 5.96 Å². The zero-order chi connectivity index (χ0) is 18.4. The Bertz CT molecular complexity index is 598. The maximum Gasteiger partial charge on any atom is 0.191 e. The number of nitrogens with zero attached hydrogens (tertiary/aromatic N) is 2. The van der Waals surface area contributed by atoms with Crippen LogP contribution >= 0.6 is 24.0 Å². The highest BCUT2D eigenvalue weighted by atomic mass is 127. The Balaban J connectivity index is 0.00000261. The van der Waals surface area contributed by atoms with Crippen molar-refractivity contribution < 1.29 is 4.74 Å². The van der Waals surface area contributed by atoms with Gasteiger partial charge in [0.05, 0.1) is 6.61 Å². The van der Waals surface area contributed by atoms with Crippen LogP contribution in [0.1, 0.15) is 45.1 Å². The van der Waals surface area contributed by atoms with E-state index < -0.39 is 0 Å². The Kier molecular flexibility index (Phi) is 9.15. The molecule has 0 heterocycles. The molecule has 27 heavy (non-hydrogen) atoms. The van der Waals surface area contributed by atoms with E-state index in [9.17, 15) is 0 Å². The number of ether oxygens (including phenoxy) is 1. The van der Waals surface area contributed by atoms with Gasteiger partial charge in [-0.25, -0.2) is 0 Å². The first kappa shape index (κ1) is 22.3. The van der Waals surface area contributed by atoms with E-state index in [1.54, 1.807) is 0 Å². The standard InChI is InChI=1S/C21H34N4O.HI/c1-16(2)25(19-10-11-19)13-12-23-21(22-3)24-14-18-6-4-5-7-20(18)26-15-17-8-9-17;/h4-7,16-17,19H,8-15H2,1-3H3,(H2,22,23,24);1H. The monoisotopic (exact) mass is 486 g/mol. The number of aliphatic imine (C=N–C) groups is 1. The largest absolute Gasteiger partial charge is 0.493 e. The summed E-state index contributed by atoms with van der Waals surface area (Å²) in [7, 11) is 1.83. The fourth-order valence-corrected chi connectivity index (χ4v) is 3.25. The predicted octanol–water partition coefficient (Wildman–Crippen LogP) is 3.63. The summed E-state index contributed by atoms with van der Waals surface area (Å²) in [6.45, 7) is 8.10. The maximum atomic E-state index is 5.99. The molecule has 2 N–H and O–H groups in total. The van der Waals surface area contributed by atoms with Gasteiger partial charge in [-0.05, 0) is 51.5 Å². The van der Waals surface area contributed by atoms with Crippen LogP contribution in [0.3, 0.4) is 0 Å². The fraction of sp³-hybridized carbons (Fsp3) is 0.667. The molecule has 0 bridgehead atoms. The summed E-state index contributed by atoms with van der Waals surface area (Å²) in [5.41, 5.74) is 1.18. The summed E-state index contributed by atoms with van der Waals surface area (Å²) < 4.78 is 5.99. The molecule has 5 nitrogen and oxygen atoms in total. The van der Waals surface area contributed by atoms with E-state index in [1.165, 1.54) is 31.2 Å². The summed E-state index contributed by atoms with van der Waals surface area (Å²) in [4.78, 5) is 6.94. The van der Waals surface area contributed by atoms with Crippen LogP contribution in [0, 0.1) is 5.92 Å². The van der Waals surface area contributed by atoms with E-state index >= 15 is 0 Å². The molecule has 152 valence electrons. The number of para-hydroxylation sites is 1. The summed E-state index contributed by atoms with van der Waals surface area (Å²) >= 11 is 0. The number of guanidine groups is 1. The molecule has 2 aliphatic rings. The molecule has 0 saturated heterocycles. The lowest BCUT2D eigenvalue weighted by Crippen LogP contribution is -2.43. The molecule has 0 spiro atoms. The van der Waals surface area contributed by atoms with Crippen LogP contribution in [0.2, 0.25) is 0 Å². The Morgan fingerprint density at radius 2 is 1.93 bits per heavy atom. The molecular weight excluding hydrogens is 451 g/mol. The van der Waals surface area contributed by atoms with Crippen molar-refractivity contribution in [3.8, 4) is 5.75 Å². The molecule has 2 aliphatic carbocycles. The molecule has 0 atom stereocenters. The zero-order valence-corrected chi connectivity index (χ0v) is 19.2. The first-order valence-corrected chi connectivity index (χ1v) is 10.1. The van der Waals surface area contributed by atoms with Crippen molar-refractivity contribution in [1.29, 1.82) is 0 Å². The minimum absolute atomic E-state index is 0. The molecule has 3 rings (SSSR count). The van der Waals surface area contributed by atoms with Crippen molar-refractivity contribution in [3.05, 3.63) is 29.8 Å². The summed E-state index contributed by atoms with van der Waals surface area (Å²) in [6, 6.07) is 9.68. The van der Waals surface area contributed by atoms with Gasteiger partial charge in [0.2, 0.25) is 0 Å². The third kappa shape index (κ3) is 7.49. The lowest BCUT2D eigenvalue weighted by molar-refractivity contribution is 0.215. The van der Waals surface area contributed by atoms with Crippen LogP contribution in [0.4, 0.5) is 0 Å². The smallest absolute Gasteiger partial charge is 0.191 e. The number of nitrogens with one attached hydrogen (secondary N) is 2. The Labute approximate surface area is 181 Å². The molecule has 2 fully saturated rings. The molecule has 0 unspecified atom stereocenters. The topological polar surface area (TPSA) is 48.9 Å². The SMILES string of the molecule is CN=C(NCCN(C(C)C)C1CC1)NCc1ccccc1OCC1CC1.I. The van der Waals surface area contributed by atoms with Crippen molar-refractivity contribution in [2.45, 2.75) is 58.2 Å². The van der Waals surface area contributed by atoms with E-state index in [0.29, 0.717) is 6.04 Å². The van der Waals surface area contributed by atoms with Crippen LogP contribution in [-0.2, 0) is 6.54 Å². The van der Waals surface area contributed by atoms with Crippen LogP contribution in [0.5, 0.6) is 5.75 Å². The molecule has 0 radical (unpaired) electrons. The molecule has 0 aliphatic heterocycles. The van der Waals surface area contributed by atoms with Gasteiger partial charge in [-0.2, -0.15) is 0 Å². The number of hydrogen-bond donors (Lipinski definition) is 2. The predicted molar refractivity (Wildman–Crippen MR) is 123 cm³/mol. The lowest BCUT2D eigenvalue weighted by atomic mass is 10.2. The van der Waals surface area contributed by atoms with E-state index in [1.807, 2.05) is 13.1 Å². The Hall–Kier alpha value is -1.02. The number of hydrogen-bond acceptors (Lipinski definition) is 3. The second kappa shape index (κ2) is 11.1. The molecule has 6 heteroatoms. The highest BCUT2D eigenvalue weighted by Gasteiger charge is 2.30. The summed E-state index contributed by atoms with van der Waals surface area (Å²) in [6.07, 6.45) is 5.32. The third-order valence-electron chi connectivity index (χ3n) is 5.16. The van der Waals surface area contributed by atoms with Crippen LogP contribution in [-0.4, -0.2) is 49.7 Å². The second-order valence-electron chi connectivity index (χ2n) is 7.78. The number of rotatable bonds is 10. The van der Waals surface area contributed by atoms with Crippen LogP contribution in [0.15, 0.2) is 29.3 Å². The fourth-order valence-electron chi connectivity index (χ4n) is 3.25. The third-order valence-corrected chi connectivity index (χ3v) is 5.16. The van der Waals surface area contributed by atoms with Gasteiger partial charge in [0.25, 0.3) is 0 Å². The van der Waals surface area contributed by atoms with E-state index in [2.05, 4.69) is 52.6 Å². The van der Waals surface area contributed by atoms with E-state index in [0.717, 1.165) is 49.9 Å². The summed E-state index contributed by atoms with van der Waals surface area (Å²) in [5, 5.41) is 6.86. The summed E-state index contributed by atoms with van der Waals surface area (Å²) in [5.74, 6) is 2.60. The highest BCUT2D eigenvalue weighted by molar-refractivity contribution is 14.0. The quantitative estimate of drug-likeness (QED) is 0.301. The van der Waals surface area contributed by atoms with Gasteiger partial charge in [0, 0.05) is 44.3 Å². The van der Waals surface area contributed by atoms with Crippen molar-refractivity contribution in [2.24, 2.45) is 10.9 Å². The zero-order valence-electron chi connectivity index (χ0n) is 16.9. The van der Waals surface area contributed by atoms with Crippen molar-refractivity contribution in [2.75, 3.05) is 26.7 Å². The maximum absolute atomic E-state index is 5.99. The number of benzene rings is 1. The van der Waals surface area contributed by atoms with Crippen molar-refractivity contribution in [3.63, 3.8) is 0 Å². The van der Waals surface area contributed by atoms with Gasteiger partial charge in [-0.15, -0.1) is 24.0 Å². The van der Waals surface area contributed by atoms with E-state index in [4.69, 9.17) is 4.74 Å². The minimum Gasteiger partial charge on any atom is -0.493 e. The van der Waals surface area contributed by atoms with Gasteiger partial charge in [0.1, 0.15) is 5.75 Å². The van der Waals surface area contributed by atoms with Gasteiger partial charge in [-0.1, -0.05) is 18.2 Å². The normalized spacial score (nSPS) is 17.0. The minimum atomic E-state index is 0. The first-order valence-electron chi connectivity index (χ1n) is 10.1. The molecule has 1 aromatic carbocycles. The van der Waals surface area contributed by atoms with Crippen molar-refractivity contribution >= 4 is 29.9 Å². The highest BCUT2D eigenvalue weighted by Crippen LogP contribution is 2.30. The lowest BCUT2D eigenvalue weighted by Gasteiger charge is -2.26. The average Bonchev–Trinajstić information content (AvgIpc) is 3.54. The van der Waals surface area contributed by atoms with Gasteiger partial charge < -0.3 is 15.4 Å². The Morgan fingerprint density at radius 3 is 2.56 bits per heavy atom. The molecule has 1 aromatic rings. The number of halogens is 1.